The third-order valence-electron chi connectivity index (χ3n) is 2.70. The second kappa shape index (κ2) is 7.13. The van der Waals surface area contributed by atoms with Crippen molar-refractivity contribution < 1.29 is 9.53 Å². The summed E-state index contributed by atoms with van der Waals surface area (Å²) >= 11 is 6.10. The van der Waals surface area contributed by atoms with Gasteiger partial charge in [0.05, 0.1) is 5.38 Å². The van der Waals surface area contributed by atoms with Crippen LogP contribution in [0.5, 0.6) is 0 Å². The molecule has 1 N–H and O–H groups in total. The molecule has 1 rings (SSSR count). The Bertz CT molecular complexity index is 215. The molecular formula is C12H22ClNO2. The summed E-state index contributed by atoms with van der Waals surface area (Å²) in [5.74, 6) is 0.555. The Morgan fingerprint density at radius 3 is 2.81 bits per heavy atom. The van der Waals surface area contributed by atoms with Crippen molar-refractivity contribution in [1.29, 1.82) is 0 Å². The van der Waals surface area contributed by atoms with Crippen LogP contribution in [0, 0.1) is 5.92 Å². The van der Waals surface area contributed by atoms with Crippen molar-refractivity contribution in [3.63, 3.8) is 0 Å². The zero-order valence-corrected chi connectivity index (χ0v) is 10.9. The van der Waals surface area contributed by atoms with Crippen LogP contribution < -0.4 is 5.32 Å². The Balaban J connectivity index is 2.18. The molecule has 2 atom stereocenters. The molecule has 0 aromatic heterocycles. The van der Waals surface area contributed by atoms with Crippen LogP contribution >= 0.6 is 11.6 Å². The quantitative estimate of drug-likeness (QED) is 0.758. The van der Waals surface area contributed by atoms with E-state index in [1.807, 2.05) is 0 Å². The molecular weight excluding hydrogens is 226 g/mol. The highest BCUT2D eigenvalue weighted by molar-refractivity contribution is 6.20. The van der Waals surface area contributed by atoms with E-state index in [0.717, 1.165) is 25.7 Å². The third kappa shape index (κ3) is 5.17. The normalized spacial score (nSPS) is 23.1. The van der Waals surface area contributed by atoms with Gasteiger partial charge in [0.25, 0.3) is 0 Å². The van der Waals surface area contributed by atoms with E-state index >= 15 is 0 Å². The van der Waals surface area contributed by atoms with E-state index in [-0.39, 0.29) is 17.4 Å². The maximum atomic E-state index is 11.7. The van der Waals surface area contributed by atoms with Crippen LogP contribution in [0.3, 0.4) is 0 Å². The Labute approximate surface area is 103 Å². The van der Waals surface area contributed by atoms with Crippen LogP contribution in [0.15, 0.2) is 0 Å². The number of ether oxygens (including phenoxy) is 1. The van der Waals surface area contributed by atoms with E-state index < -0.39 is 0 Å². The van der Waals surface area contributed by atoms with Crippen LogP contribution in [0.2, 0.25) is 0 Å². The molecule has 1 heterocycles. The summed E-state index contributed by atoms with van der Waals surface area (Å²) in [5.41, 5.74) is 0. The maximum Gasteiger partial charge on any atom is 0.249 e. The molecule has 1 amide bonds. The molecule has 1 saturated heterocycles. The van der Waals surface area contributed by atoms with Crippen LogP contribution in [-0.4, -0.2) is 30.5 Å². The van der Waals surface area contributed by atoms with Crippen molar-refractivity contribution in [2.75, 3.05) is 13.2 Å². The van der Waals surface area contributed by atoms with Gasteiger partial charge in [-0.3, -0.25) is 4.79 Å². The number of alkyl halides is 1. The third-order valence-corrected chi connectivity index (χ3v) is 3.03. The summed E-state index contributed by atoms with van der Waals surface area (Å²) in [7, 11) is 0. The van der Waals surface area contributed by atoms with Gasteiger partial charge < -0.3 is 10.1 Å². The summed E-state index contributed by atoms with van der Waals surface area (Å²) in [6, 6.07) is 0. The largest absolute Gasteiger partial charge is 0.368 e. The Morgan fingerprint density at radius 2 is 2.25 bits per heavy atom. The fourth-order valence-electron chi connectivity index (χ4n) is 1.87. The molecule has 0 aliphatic carbocycles. The average Bonchev–Trinajstić information content (AvgIpc) is 2.26. The molecule has 4 heteroatoms. The first-order valence-electron chi connectivity index (χ1n) is 6.13. The molecule has 1 aliphatic heterocycles. The second-order valence-electron chi connectivity index (χ2n) is 4.83. The fourth-order valence-corrected chi connectivity index (χ4v) is 2.30. The van der Waals surface area contributed by atoms with Gasteiger partial charge >= 0.3 is 0 Å². The van der Waals surface area contributed by atoms with Crippen molar-refractivity contribution >= 4 is 17.5 Å². The van der Waals surface area contributed by atoms with Crippen LogP contribution in [0.25, 0.3) is 0 Å². The van der Waals surface area contributed by atoms with Gasteiger partial charge in [-0.1, -0.05) is 13.8 Å². The van der Waals surface area contributed by atoms with Gasteiger partial charge in [0.2, 0.25) is 5.91 Å². The lowest BCUT2D eigenvalue weighted by atomic mass is 10.1. The minimum atomic E-state index is -0.253. The Hall–Kier alpha value is -0.280. The molecule has 0 spiro atoms. The smallest absolute Gasteiger partial charge is 0.249 e. The molecule has 1 fully saturated rings. The van der Waals surface area contributed by atoms with Crippen molar-refractivity contribution in [1.82, 2.24) is 5.32 Å². The number of rotatable bonds is 5. The first-order valence-corrected chi connectivity index (χ1v) is 6.56. The lowest BCUT2D eigenvalue weighted by molar-refractivity contribution is -0.135. The average molecular weight is 248 g/mol. The zero-order valence-electron chi connectivity index (χ0n) is 10.2. The number of carbonyl (C=O) groups excluding carboxylic acids is 1. The molecule has 0 saturated carbocycles. The van der Waals surface area contributed by atoms with Gasteiger partial charge in [-0.2, -0.15) is 0 Å². The molecule has 3 nitrogen and oxygen atoms in total. The predicted octanol–water partition coefficient (Wildman–Crippen LogP) is 2.33. The topological polar surface area (TPSA) is 38.3 Å². The van der Waals surface area contributed by atoms with E-state index in [9.17, 15) is 4.79 Å². The molecule has 2 unspecified atom stereocenters. The molecule has 16 heavy (non-hydrogen) atoms. The van der Waals surface area contributed by atoms with Gasteiger partial charge in [-0.15, -0.1) is 11.6 Å². The lowest BCUT2D eigenvalue weighted by Crippen LogP contribution is -2.40. The molecule has 0 radical (unpaired) electrons. The van der Waals surface area contributed by atoms with Crippen molar-refractivity contribution in [3.8, 4) is 0 Å². The molecule has 0 aromatic rings. The summed E-state index contributed by atoms with van der Waals surface area (Å²) < 4.78 is 5.40. The highest BCUT2D eigenvalue weighted by atomic mass is 35.5. The summed E-state index contributed by atoms with van der Waals surface area (Å²) in [4.78, 5) is 11.7. The van der Waals surface area contributed by atoms with Crippen molar-refractivity contribution in [2.24, 2.45) is 5.92 Å². The van der Waals surface area contributed by atoms with Gasteiger partial charge in [-0.25, -0.2) is 0 Å². The van der Waals surface area contributed by atoms with Gasteiger partial charge in [0.1, 0.15) is 6.10 Å². The molecule has 1 aliphatic rings. The number of amides is 1. The molecule has 0 aromatic carbocycles. The number of carbonyl (C=O) groups is 1. The summed E-state index contributed by atoms with van der Waals surface area (Å²) in [5, 5.41) is 2.88. The van der Waals surface area contributed by atoms with E-state index in [1.165, 1.54) is 0 Å². The Morgan fingerprint density at radius 1 is 1.50 bits per heavy atom. The SMILES string of the molecule is CC(C)CC(Cl)CNC(=O)C1CCCCO1. The number of halogens is 1. The zero-order chi connectivity index (χ0) is 12.0. The van der Waals surface area contributed by atoms with Crippen LogP contribution in [-0.2, 0) is 9.53 Å². The van der Waals surface area contributed by atoms with Crippen molar-refractivity contribution in [3.05, 3.63) is 0 Å². The fraction of sp³-hybridized carbons (Fsp3) is 0.917. The van der Waals surface area contributed by atoms with Gasteiger partial charge in [0, 0.05) is 13.2 Å². The highest BCUT2D eigenvalue weighted by Crippen LogP contribution is 2.13. The minimum absolute atomic E-state index is 0.00546. The van der Waals surface area contributed by atoms with Crippen LogP contribution in [0.1, 0.15) is 39.5 Å². The summed E-state index contributed by atoms with van der Waals surface area (Å²) in [6.07, 6.45) is 3.65. The van der Waals surface area contributed by atoms with E-state index in [2.05, 4.69) is 19.2 Å². The minimum Gasteiger partial charge on any atom is -0.368 e. The first-order chi connectivity index (χ1) is 7.59. The summed E-state index contributed by atoms with van der Waals surface area (Å²) in [6.45, 7) is 5.50. The van der Waals surface area contributed by atoms with E-state index in [1.54, 1.807) is 0 Å². The van der Waals surface area contributed by atoms with Crippen LogP contribution in [0.4, 0.5) is 0 Å². The maximum absolute atomic E-state index is 11.7. The number of hydrogen-bond acceptors (Lipinski definition) is 2. The lowest BCUT2D eigenvalue weighted by Gasteiger charge is -2.22. The highest BCUT2D eigenvalue weighted by Gasteiger charge is 2.22. The van der Waals surface area contributed by atoms with Gasteiger partial charge in [0.15, 0.2) is 0 Å². The second-order valence-corrected chi connectivity index (χ2v) is 5.44. The Kier molecular flexibility index (Phi) is 6.14. The molecule has 94 valence electrons. The first kappa shape index (κ1) is 13.8. The van der Waals surface area contributed by atoms with Crippen molar-refractivity contribution in [2.45, 2.75) is 51.0 Å². The van der Waals surface area contributed by atoms with E-state index in [4.69, 9.17) is 16.3 Å². The standard InChI is InChI=1S/C12H22ClNO2/c1-9(2)7-10(13)8-14-12(15)11-5-3-4-6-16-11/h9-11H,3-8H2,1-2H3,(H,14,15). The molecule has 0 bridgehead atoms. The number of hydrogen-bond donors (Lipinski definition) is 1. The monoisotopic (exact) mass is 247 g/mol. The van der Waals surface area contributed by atoms with E-state index in [0.29, 0.717) is 19.1 Å². The van der Waals surface area contributed by atoms with Gasteiger partial charge in [-0.05, 0) is 31.6 Å². The number of nitrogens with one attached hydrogen (secondary N) is 1. The predicted molar refractivity (Wildman–Crippen MR) is 65.7 cm³/mol.